The largest absolute Gasteiger partial charge is 0.507 e. The van der Waals surface area contributed by atoms with Gasteiger partial charge in [-0.15, -0.1) is 0 Å². The summed E-state index contributed by atoms with van der Waals surface area (Å²) in [5.41, 5.74) is 3.73. The zero-order valence-electron chi connectivity index (χ0n) is 22.6. The van der Waals surface area contributed by atoms with Crippen molar-refractivity contribution in [2.24, 2.45) is 0 Å². The number of thiazole rings is 1. The maximum atomic E-state index is 13.7. The molecule has 0 bridgehead atoms. The predicted octanol–water partition coefficient (Wildman–Crippen LogP) is 5.96. The van der Waals surface area contributed by atoms with Crippen LogP contribution in [0.5, 0.6) is 17.2 Å². The summed E-state index contributed by atoms with van der Waals surface area (Å²) in [6.07, 6.45) is 0.715. The molecule has 1 fully saturated rings. The highest BCUT2D eigenvalue weighted by atomic mass is 32.1. The number of nitrogens with zero attached hydrogens (tertiary/aromatic N) is 2. The van der Waals surface area contributed by atoms with Gasteiger partial charge in [0.05, 0.1) is 35.5 Å². The van der Waals surface area contributed by atoms with Gasteiger partial charge in [0.15, 0.2) is 16.6 Å². The number of Topliss-reactive ketones (excluding diaryl/α,β-unsaturated/α-hetero) is 1. The molecule has 1 amide bonds. The van der Waals surface area contributed by atoms with Crippen molar-refractivity contribution in [3.63, 3.8) is 0 Å². The van der Waals surface area contributed by atoms with Crippen LogP contribution < -0.4 is 19.1 Å². The number of benzene rings is 3. The molecule has 3 heterocycles. The Labute approximate surface area is 235 Å². The van der Waals surface area contributed by atoms with Crippen molar-refractivity contribution in [3.8, 4) is 17.2 Å². The quantitative estimate of drug-likeness (QED) is 0.178. The van der Waals surface area contributed by atoms with Crippen molar-refractivity contribution >= 4 is 44.1 Å². The lowest BCUT2D eigenvalue weighted by Gasteiger charge is -2.24. The van der Waals surface area contributed by atoms with Crippen LogP contribution in [-0.4, -0.2) is 41.6 Å². The van der Waals surface area contributed by atoms with E-state index in [0.29, 0.717) is 40.8 Å². The van der Waals surface area contributed by atoms with Crippen LogP contribution in [0.25, 0.3) is 16.0 Å². The first-order valence-electron chi connectivity index (χ1n) is 13.1. The van der Waals surface area contributed by atoms with E-state index in [1.54, 1.807) is 30.3 Å². The Kier molecular flexibility index (Phi) is 6.46. The van der Waals surface area contributed by atoms with E-state index >= 15 is 0 Å². The fraction of sp³-hybridized carbons (Fsp3) is 0.258. The van der Waals surface area contributed by atoms with Gasteiger partial charge in [0.25, 0.3) is 5.78 Å². The van der Waals surface area contributed by atoms with Crippen LogP contribution in [0.15, 0.2) is 60.2 Å². The van der Waals surface area contributed by atoms with Gasteiger partial charge in [-0.2, -0.15) is 0 Å². The number of hydrogen-bond acceptors (Lipinski definition) is 8. The Morgan fingerprint density at radius 2 is 1.95 bits per heavy atom. The SMILES string of the molecule is CCOc1ccc([C@H]2C(=C(O)c3ccc4c(c3)C[C@H](C)O4)C(=O)C(=O)N2c2nc3ccc(C)cc3s2)cc1OC. The summed E-state index contributed by atoms with van der Waals surface area (Å²) < 4.78 is 18.0. The fourth-order valence-corrected chi connectivity index (χ4v) is 6.41. The number of rotatable bonds is 6. The molecule has 2 atom stereocenters. The van der Waals surface area contributed by atoms with Gasteiger partial charge in [-0.25, -0.2) is 4.98 Å². The molecule has 40 heavy (non-hydrogen) atoms. The van der Waals surface area contributed by atoms with E-state index < -0.39 is 17.7 Å². The van der Waals surface area contributed by atoms with Gasteiger partial charge in [-0.05, 0) is 79.9 Å². The fourth-order valence-electron chi connectivity index (χ4n) is 5.32. The summed E-state index contributed by atoms with van der Waals surface area (Å²) in [6.45, 7) is 6.28. The number of methoxy groups -OCH3 is 1. The van der Waals surface area contributed by atoms with Gasteiger partial charge in [-0.1, -0.05) is 23.5 Å². The van der Waals surface area contributed by atoms with Gasteiger partial charge >= 0.3 is 5.91 Å². The molecule has 3 aromatic carbocycles. The number of fused-ring (bicyclic) bond motifs is 2. The number of aromatic nitrogens is 1. The highest BCUT2D eigenvalue weighted by Crippen LogP contribution is 2.46. The molecule has 2 aliphatic rings. The summed E-state index contributed by atoms with van der Waals surface area (Å²) in [5, 5.41) is 12.0. The van der Waals surface area contributed by atoms with Crippen molar-refractivity contribution in [2.75, 3.05) is 18.6 Å². The Morgan fingerprint density at radius 3 is 2.73 bits per heavy atom. The standard InChI is InChI=1S/C31H28N2O6S/c1-5-38-23-11-7-18(15-24(23)37-4)27-26(28(34)19-8-10-22-20(14-19)13-17(3)39-22)29(35)30(36)33(27)31-32-21-9-6-16(2)12-25(21)40-31/h6-12,14-15,17,27,34H,5,13H2,1-4H3/t17-,27-/m0/s1. The summed E-state index contributed by atoms with van der Waals surface area (Å²) >= 11 is 1.33. The van der Waals surface area contributed by atoms with Gasteiger partial charge < -0.3 is 19.3 Å². The maximum Gasteiger partial charge on any atom is 0.301 e. The third-order valence-corrected chi connectivity index (χ3v) is 8.17. The second-order valence-corrected chi connectivity index (χ2v) is 10.9. The summed E-state index contributed by atoms with van der Waals surface area (Å²) in [4.78, 5) is 33.4. The summed E-state index contributed by atoms with van der Waals surface area (Å²) in [5.74, 6) is -0.0493. The number of anilines is 1. The van der Waals surface area contributed by atoms with Crippen molar-refractivity contribution in [1.29, 1.82) is 0 Å². The van der Waals surface area contributed by atoms with Crippen LogP contribution >= 0.6 is 11.3 Å². The first-order valence-corrected chi connectivity index (χ1v) is 13.9. The first-order chi connectivity index (χ1) is 19.3. The van der Waals surface area contributed by atoms with Crippen molar-refractivity contribution in [1.82, 2.24) is 4.98 Å². The lowest BCUT2D eigenvalue weighted by Crippen LogP contribution is -2.29. The van der Waals surface area contributed by atoms with E-state index in [-0.39, 0.29) is 17.4 Å². The number of ketones is 1. The van der Waals surface area contributed by atoms with E-state index in [2.05, 4.69) is 0 Å². The molecule has 8 nitrogen and oxygen atoms in total. The maximum absolute atomic E-state index is 13.7. The first kappa shape index (κ1) is 25.9. The lowest BCUT2D eigenvalue weighted by atomic mass is 9.94. The number of aliphatic hydroxyl groups is 1. The van der Waals surface area contributed by atoms with Crippen molar-refractivity contribution < 1.29 is 28.9 Å². The van der Waals surface area contributed by atoms with E-state index in [9.17, 15) is 14.7 Å². The number of ether oxygens (including phenoxy) is 3. The topological polar surface area (TPSA) is 98.2 Å². The molecule has 0 spiro atoms. The van der Waals surface area contributed by atoms with Crippen molar-refractivity contribution in [2.45, 2.75) is 39.3 Å². The summed E-state index contributed by atoms with van der Waals surface area (Å²) in [6, 6.07) is 15.5. The average molecular weight is 557 g/mol. The number of carbonyl (C=O) groups is 2. The molecule has 2 aliphatic heterocycles. The van der Waals surface area contributed by atoms with E-state index in [0.717, 1.165) is 27.1 Å². The Balaban J connectivity index is 1.55. The van der Waals surface area contributed by atoms with Crippen LogP contribution in [0, 0.1) is 6.92 Å². The molecule has 0 aliphatic carbocycles. The molecule has 4 aromatic rings. The zero-order chi connectivity index (χ0) is 28.1. The number of hydrogen-bond donors (Lipinski definition) is 1. The molecule has 0 unspecified atom stereocenters. The molecular weight excluding hydrogens is 528 g/mol. The summed E-state index contributed by atoms with van der Waals surface area (Å²) in [7, 11) is 1.53. The Hall–Kier alpha value is -4.37. The molecule has 204 valence electrons. The Bertz CT molecular complexity index is 1710. The second-order valence-electron chi connectivity index (χ2n) is 9.94. The Morgan fingerprint density at radius 1 is 1.12 bits per heavy atom. The van der Waals surface area contributed by atoms with Crippen LogP contribution in [0.1, 0.15) is 42.1 Å². The highest BCUT2D eigenvalue weighted by Gasteiger charge is 2.48. The number of carbonyl (C=O) groups excluding carboxylic acids is 2. The smallest absolute Gasteiger partial charge is 0.301 e. The second kappa shape index (κ2) is 9.98. The normalized spacial score (nSPS) is 19.6. The molecule has 1 N–H and O–H groups in total. The third kappa shape index (κ3) is 4.26. The molecule has 9 heteroatoms. The molecule has 1 saturated heterocycles. The van der Waals surface area contributed by atoms with Crippen LogP contribution in [-0.2, 0) is 16.0 Å². The molecular formula is C31H28N2O6S. The molecule has 1 aromatic heterocycles. The number of amides is 1. The molecule has 0 radical (unpaired) electrons. The number of aryl methyl sites for hydroxylation is 1. The van der Waals surface area contributed by atoms with E-state index in [1.807, 2.05) is 45.0 Å². The highest BCUT2D eigenvalue weighted by molar-refractivity contribution is 7.22. The van der Waals surface area contributed by atoms with E-state index in [1.165, 1.54) is 23.3 Å². The number of aliphatic hydroxyl groups excluding tert-OH is 1. The van der Waals surface area contributed by atoms with Gasteiger partial charge in [0.1, 0.15) is 17.6 Å². The molecule has 0 saturated carbocycles. The predicted molar refractivity (Wildman–Crippen MR) is 154 cm³/mol. The van der Waals surface area contributed by atoms with Crippen molar-refractivity contribution in [3.05, 3.63) is 82.4 Å². The molecule has 6 rings (SSSR count). The van der Waals surface area contributed by atoms with Gasteiger partial charge in [-0.3, -0.25) is 14.5 Å². The minimum absolute atomic E-state index is 0.0152. The van der Waals surface area contributed by atoms with E-state index in [4.69, 9.17) is 19.2 Å². The van der Waals surface area contributed by atoms with Crippen LogP contribution in [0.3, 0.4) is 0 Å². The minimum Gasteiger partial charge on any atom is -0.507 e. The lowest BCUT2D eigenvalue weighted by molar-refractivity contribution is -0.132. The minimum atomic E-state index is -0.935. The van der Waals surface area contributed by atoms with Crippen LogP contribution in [0.4, 0.5) is 5.13 Å². The average Bonchev–Trinajstić information content (AvgIpc) is 3.60. The van der Waals surface area contributed by atoms with Crippen LogP contribution in [0.2, 0.25) is 0 Å². The van der Waals surface area contributed by atoms with Gasteiger partial charge in [0, 0.05) is 12.0 Å². The van der Waals surface area contributed by atoms with Gasteiger partial charge in [0.2, 0.25) is 0 Å². The monoisotopic (exact) mass is 556 g/mol. The third-order valence-electron chi connectivity index (χ3n) is 7.16. The zero-order valence-corrected chi connectivity index (χ0v) is 23.4.